The Labute approximate surface area is 88.6 Å². The van der Waals surface area contributed by atoms with Gasteiger partial charge in [-0.3, -0.25) is 0 Å². The Bertz CT molecular complexity index is 212. The molecule has 0 aromatic heterocycles. The van der Waals surface area contributed by atoms with Gasteiger partial charge in [-0.1, -0.05) is 6.92 Å². The lowest BCUT2D eigenvalue weighted by Gasteiger charge is -2.35. The van der Waals surface area contributed by atoms with Crippen molar-refractivity contribution in [3.63, 3.8) is 0 Å². The number of aliphatic hydroxyl groups excluding tert-OH is 2. The number of epoxide rings is 2. The molecule has 0 radical (unpaired) electrons. The summed E-state index contributed by atoms with van der Waals surface area (Å²) in [5.74, 6) is -0.595. The molecule has 0 aromatic carbocycles. The topological polar surface area (TPSA) is 85.8 Å². The van der Waals surface area contributed by atoms with Gasteiger partial charge < -0.3 is 24.8 Å². The predicted octanol–water partition coefficient (Wildman–Crippen LogP) is -1.11. The summed E-state index contributed by atoms with van der Waals surface area (Å²) in [6, 6.07) is 0. The summed E-state index contributed by atoms with van der Waals surface area (Å²) >= 11 is 0. The maximum Gasteiger partial charge on any atom is 0.129 e. The van der Waals surface area contributed by atoms with Crippen LogP contribution in [0.2, 0.25) is 0 Å². The number of ether oxygens (including phenoxy) is 2. The summed E-state index contributed by atoms with van der Waals surface area (Å²) in [6.45, 7) is 2.51. The van der Waals surface area contributed by atoms with Crippen molar-refractivity contribution < 1.29 is 24.8 Å². The molecule has 2 aliphatic heterocycles. The molecule has 4 atom stereocenters. The zero-order valence-corrected chi connectivity index (χ0v) is 8.80. The summed E-state index contributed by atoms with van der Waals surface area (Å²) in [7, 11) is 0. The Morgan fingerprint density at radius 3 is 2.07 bits per heavy atom. The third kappa shape index (κ3) is 1.90. The van der Waals surface area contributed by atoms with Crippen molar-refractivity contribution in [2.45, 2.75) is 37.3 Å². The Kier molecular flexibility index (Phi) is 3.00. The van der Waals surface area contributed by atoms with E-state index < -0.39 is 17.6 Å². The second-order valence-electron chi connectivity index (χ2n) is 4.30. The zero-order valence-electron chi connectivity index (χ0n) is 8.80. The van der Waals surface area contributed by atoms with E-state index in [2.05, 4.69) is 0 Å². The molecule has 2 saturated heterocycles. The molecule has 2 rings (SSSR count). The molecule has 0 saturated carbocycles. The van der Waals surface area contributed by atoms with Crippen molar-refractivity contribution in [1.82, 2.24) is 0 Å². The Morgan fingerprint density at radius 2 is 1.80 bits per heavy atom. The molecule has 5 heteroatoms. The SMILES string of the molecule is CCC(O)C(CO)C(O)(C1CO1)C1CO1. The number of aliphatic hydroxyl groups is 3. The number of hydrogen-bond acceptors (Lipinski definition) is 5. The highest BCUT2D eigenvalue weighted by Gasteiger charge is 2.61. The first-order chi connectivity index (χ1) is 7.14. The maximum absolute atomic E-state index is 10.5. The van der Waals surface area contributed by atoms with Crippen LogP contribution in [0.1, 0.15) is 13.3 Å². The molecule has 4 unspecified atom stereocenters. The van der Waals surface area contributed by atoms with E-state index in [-0.39, 0.29) is 18.8 Å². The molecular formula is C10H18O5. The van der Waals surface area contributed by atoms with Crippen molar-refractivity contribution >= 4 is 0 Å². The third-order valence-corrected chi connectivity index (χ3v) is 3.37. The molecule has 88 valence electrons. The number of hydrogen-bond donors (Lipinski definition) is 3. The molecule has 3 N–H and O–H groups in total. The second-order valence-corrected chi connectivity index (χ2v) is 4.30. The van der Waals surface area contributed by atoms with Crippen molar-refractivity contribution in [3.05, 3.63) is 0 Å². The smallest absolute Gasteiger partial charge is 0.129 e. The fourth-order valence-corrected chi connectivity index (χ4v) is 2.18. The minimum Gasteiger partial charge on any atom is -0.396 e. The standard InChI is InChI=1S/C10H18O5/c1-2-7(12)6(3-11)10(13,8-4-14-8)9-5-15-9/h6-9,11-13H,2-5H2,1H3. The van der Waals surface area contributed by atoms with Gasteiger partial charge in [-0.05, 0) is 6.42 Å². The first kappa shape index (κ1) is 11.3. The van der Waals surface area contributed by atoms with Crippen molar-refractivity contribution in [2.75, 3.05) is 19.8 Å². The molecule has 5 nitrogen and oxygen atoms in total. The van der Waals surface area contributed by atoms with Gasteiger partial charge in [0.15, 0.2) is 0 Å². The van der Waals surface area contributed by atoms with Crippen LogP contribution in [-0.2, 0) is 9.47 Å². The fourth-order valence-electron chi connectivity index (χ4n) is 2.18. The molecule has 0 bridgehead atoms. The van der Waals surface area contributed by atoms with Gasteiger partial charge in [0.25, 0.3) is 0 Å². The van der Waals surface area contributed by atoms with Crippen LogP contribution in [0.15, 0.2) is 0 Å². The highest BCUT2D eigenvalue weighted by Crippen LogP contribution is 2.42. The van der Waals surface area contributed by atoms with E-state index >= 15 is 0 Å². The van der Waals surface area contributed by atoms with Gasteiger partial charge in [0.05, 0.1) is 25.9 Å². The largest absolute Gasteiger partial charge is 0.396 e. The minimum absolute atomic E-state index is 0.259. The molecular weight excluding hydrogens is 200 g/mol. The lowest BCUT2D eigenvalue weighted by Crippen LogP contribution is -2.54. The molecule has 2 aliphatic rings. The lowest BCUT2D eigenvalue weighted by atomic mass is 9.78. The summed E-state index contributed by atoms with van der Waals surface area (Å²) in [5.41, 5.74) is -1.23. The van der Waals surface area contributed by atoms with Gasteiger partial charge in [-0.25, -0.2) is 0 Å². The van der Waals surface area contributed by atoms with Crippen LogP contribution in [0.25, 0.3) is 0 Å². The number of rotatable bonds is 6. The van der Waals surface area contributed by atoms with Gasteiger partial charge in [0, 0.05) is 5.92 Å². The highest BCUT2D eigenvalue weighted by molar-refractivity contribution is 5.09. The van der Waals surface area contributed by atoms with Crippen LogP contribution in [0, 0.1) is 5.92 Å². The Morgan fingerprint density at radius 1 is 1.33 bits per heavy atom. The fraction of sp³-hybridized carbons (Fsp3) is 1.00. The van der Waals surface area contributed by atoms with E-state index in [0.717, 1.165) is 0 Å². The van der Waals surface area contributed by atoms with E-state index in [1.807, 2.05) is 6.92 Å². The van der Waals surface area contributed by atoms with Gasteiger partial charge >= 0.3 is 0 Å². The van der Waals surface area contributed by atoms with E-state index in [1.54, 1.807) is 0 Å². The van der Waals surface area contributed by atoms with Crippen LogP contribution < -0.4 is 0 Å². The van der Waals surface area contributed by atoms with E-state index in [0.29, 0.717) is 19.6 Å². The monoisotopic (exact) mass is 218 g/mol. The zero-order chi connectivity index (χ0) is 11.1. The van der Waals surface area contributed by atoms with Crippen molar-refractivity contribution in [3.8, 4) is 0 Å². The molecule has 2 fully saturated rings. The Hall–Kier alpha value is -0.200. The summed E-state index contributed by atoms with van der Waals surface area (Å²) in [6.07, 6.45) is -0.840. The first-order valence-electron chi connectivity index (χ1n) is 5.39. The molecule has 0 aromatic rings. The first-order valence-corrected chi connectivity index (χ1v) is 5.39. The van der Waals surface area contributed by atoms with Gasteiger partial charge in [-0.15, -0.1) is 0 Å². The van der Waals surface area contributed by atoms with Crippen LogP contribution >= 0.6 is 0 Å². The second kappa shape index (κ2) is 3.99. The molecule has 15 heavy (non-hydrogen) atoms. The van der Waals surface area contributed by atoms with Gasteiger partial charge in [-0.2, -0.15) is 0 Å². The van der Waals surface area contributed by atoms with Gasteiger partial charge in [0.1, 0.15) is 17.8 Å². The van der Waals surface area contributed by atoms with Crippen LogP contribution in [0.5, 0.6) is 0 Å². The van der Waals surface area contributed by atoms with Gasteiger partial charge in [0.2, 0.25) is 0 Å². The third-order valence-electron chi connectivity index (χ3n) is 3.37. The van der Waals surface area contributed by atoms with Crippen LogP contribution in [-0.4, -0.2) is 59.1 Å². The molecule has 0 aliphatic carbocycles. The van der Waals surface area contributed by atoms with E-state index in [9.17, 15) is 15.3 Å². The van der Waals surface area contributed by atoms with Crippen LogP contribution in [0.4, 0.5) is 0 Å². The summed E-state index contributed by atoms with van der Waals surface area (Å²) < 4.78 is 10.2. The molecule has 0 spiro atoms. The lowest BCUT2D eigenvalue weighted by molar-refractivity contribution is -0.119. The summed E-state index contributed by atoms with van der Waals surface area (Å²) in [5, 5.41) is 29.5. The normalized spacial score (nSPS) is 36.8. The maximum atomic E-state index is 10.5. The van der Waals surface area contributed by atoms with Crippen LogP contribution in [0.3, 0.4) is 0 Å². The summed E-state index contributed by atoms with van der Waals surface area (Å²) in [4.78, 5) is 0. The average molecular weight is 218 g/mol. The van der Waals surface area contributed by atoms with Crippen molar-refractivity contribution in [1.29, 1.82) is 0 Å². The quantitative estimate of drug-likeness (QED) is 0.492. The highest BCUT2D eigenvalue weighted by atomic mass is 16.6. The molecule has 2 heterocycles. The van der Waals surface area contributed by atoms with E-state index in [1.165, 1.54) is 0 Å². The Balaban J connectivity index is 2.13. The molecule has 0 amide bonds. The predicted molar refractivity (Wildman–Crippen MR) is 51.3 cm³/mol. The van der Waals surface area contributed by atoms with Crippen molar-refractivity contribution in [2.24, 2.45) is 5.92 Å². The average Bonchev–Trinajstić information content (AvgIpc) is 3.08. The minimum atomic E-state index is -1.23. The van der Waals surface area contributed by atoms with E-state index in [4.69, 9.17) is 9.47 Å².